The summed E-state index contributed by atoms with van der Waals surface area (Å²) < 4.78 is 5.88. The van der Waals surface area contributed by atoms with Crippen LogP contribution < -0.4 is 10.1 Å². The van der Waals surface area contributed by atoms with Crippen LogP contribution in [0.4, 0.5) is 0 Å². The van der Waals surface area contributed by atoms with Gasteiger partial charge >= 0.3 is 0 Å². The number of benzene rings is 1. The van der Waals surface area contributed by atoms with Crippen molar-refractivity contribution >= 4 is 44.5 Å². The Hall–Kier alpha value is -1.67. The SMILES string of the molecule is COc1ccc(Br)c(C(=O)NCc2ccc([C@H](O)c3cccs3)s2)c1. The highest BCUT2D eigenvalue weighted by atomic mass is 79.9. The van der Waals surface area contributed by atoms with Crippen LogP contribution in [0.1, 0.15) is 31.1 Å². The maximum atomic E-state index is 12.4. The third kappa shape index (κ3) is 4.30. The molecule has 0 bridgehead atoms. The first-order valence-corrected chi connectivity index (χ1v) is 9.99. The van der Waals surface area contributed by atoms with Crippen molar-refractivity contribution in [3.05, 3.63) is 72.5 Å². The number of halogens is 1. The molecule has 2 N–H and O–H groups in total. The van der Waals surface area contributed by atoms with E-state index in [4.69, 9.17) is 4.74 Å². The number of carbonyl (C=O) groups excluding carboxylic acids is 1. The maximum absolute atomic E-state index is 12.4. The number of hydrogen-bond donors (Lipinski definition) is 2. The lowest BCUT2D eigenvalue weighted by Gasteiger charge is -2.08. The Morgan fingerprint density at radius 3 is 2.84 bits per heavy atom. The quantitative estimate of drug-likeness (QED) is 0.592. The van der Waals surface area contributed by atoms with E-state index in [2.05, 4.69) is 21.2 Å². The Balaban J connectivity index is 1.65. The van der Waals surface area contributed by atoms with Crippen LogP contribution in [0.2, 0.25) is 0 Å². The molecule has 0 aliphatic carbocycles. The molecule has 7 heteroatoms. The molecule has 2 heterocycles. The topological polar surface area (TPSA) is 58.6 Å². The van der Waals surface area contributed by atoms with E-state index in [9.17, 15) is 9.90 Å². The van der Waals surface area contributed by atoms with Crippen molar-refractivity contribution in [1.82, 2.24) is 5.32 Å². The number of aliphatic hydroxyl groups is 1. The van der Waals surface area contributed by atoms with Crippen molar-refractivity contribution in [1.29, 1.82) is 0 Å². The van der Waals surface area contributed by atoms with Crippen molar-refractivity contribution in [2.24, 2.45) is 0 Å². The number of carbonyl (C=O) groups is 1. The second-order valence-corrected chi connectivity index (χ2v) is 8.28. The van der Waals surface area contributed by atoms with Crippen LogP contribution in [0, 0.1) is 0 Å². The van der Waals surface area contributed by atoms with Crippen molar-refractivity contribution in [3.8, 4) is 5.75 Å². The Bertz CT molecular complexity index is 861. The number of rotatable bonds is 6. The first kappa shape index (κ1) is 18.1. The number of methoxy groups -OCH3 is 1. The molecule has 2 aromatic heterocycles. The number of hydrogen-bond acceptors (Lipinski definition) is 5. The van der Waals surface area contributed by atoms with E-state index in [0.29, 0.717) is 22.3 Å². The smallest absolute Gasteiger partial charge is 0.252 e. The van der Waals surface area contributed by atoms with Gasteiger partial charge in [-0.1, -0.05) is 6.07 Å². The van der Waals surface area contributed by atoms with Crippen LogP contribution in [-0.2, 0) is 6.54 Å². The zero-order chi connectivity index (χ0) is 17.8. The zero-order valence-electron chi connectivity index (χ0n) is 13.4. The van der Waals surface area contributed by atoms with Crippen LogP contribution in [0.3, 0.4) is 0 Å². The summed E-state index contributed by atoms with van der Waals surface area (Å²) in [5, 5.41) is 15.2. The van der Waals surface area contributed by atoms with Gasteiger partial charge < -0.3 is 15.2 Å². The van der Waals surface area contributed by atoms with E-state index in [1.807, 2.05) is 29.6 Å². The summed E-state index contributed by atoms with van der Waals surface area (Å²) in [6.45, 7) is 0.407. The molecule has 0 aliphatic heterocycles. The minimum atomic E-state index is -0.609. The van der Waals surface area contributed by atoms with Gasteiger partial charge in [0.1, 0.15) is 11.9 Å². The van der Waals surface area contributed by atoms with E-state index in [1.54, 1.807) is 25.3 Å². The molecule has 3 aromatic rings. The number of amides is 1. The average Bonchev–Trinajstić information content (AvgIpc) is 3.31. The third-order valence-corrected chi connectivity index (χ3v) is 6.36. The van der Waals surface area contributed by atoms with Crippen LogP contribution in [0.15, 0.2) is 52.3 Å². The van der Waals surface area contributed by atoms with Gasteiger partial charge in [-0.2, -0.15) is 0 Å². The van der Waals surface area contributed by atoms with Gasteiger partial charge in [0.2, 0.25) is 0 Å². The fourth-order valence-corrected chi connectivity index (χ4v) is 4.48. The molecule has 0 spiro atoms. The number of thiophene rings is 2. The van der Waals surface area contributed by atoms with Gasteiger partial charge in [0, 0.05) is 19.1 Å². The predicted molar refractivity (Wildman–Crippen MR) is 105 cm³/mol. The van der Waals surface area contributed by atoms with Gasteiger partial charge in [-0.3, -0.25) is 4.79 Å². The van der Waals surface area contributed by atoms with Gasteiger partial charge in [-0.15, -0.1) is 22.7 Å². The molecule has 0 fully saturated rings. The highest BCUT2D eigenvalue weighted by Crippen LogP contribution is 2.31. The molecule has 1 amide bonds. The lowest BCUT2D eigenvalue weighted by Crippen LogP contribution is -2.22. The molecule has 1 aromatic carbocycles. The van der Waals surface area contributed by atoms with Crippen LogP contribution in [0.25, 0.3) is 0 Å². The van der Waals surface area contributed by atoms with Gasteiger partial charge in [-0.05, 0) is 57.7 Å². The highest BCUT2D eigenvalue weighted by Gasteiger charge is 2.15. The normalized spacial score (nSPS) is 12.0. The maximum Gasteiger partial charge on any atom is 0.252 e. The van der Waals surface area contributed by atoms with Crippen molar-refractivity contribution in [2.75, 3.05) is 7.11 Å². The number of nitrogens with one attached hydrogen (secondary N) is 1. The minimum absolute atomic E-state index is 0.181. The summed E-state index contributed by atoms with van der Waals surface area (Å²) in [6.07, 6.45) is -0.609. The summed E-state index contributed by atoms with van der Waals surface area (Å²) in [7, 11) is 1.57. The summed E-state index contributed by atoms with van der Waals surface area (Å²) in [4.78, 5) is 15.2. The molecular weight excluding hydrogens is 422 g/mol. The number of aliphatic hydroxyl groups excluding tert-OH is 1. The number of ether oxygens (including phenoxy) is 1. The molecule has 130 valence electrons. The van der Waals surface area contributed by atoms with Crippen molar-refractivity contribution in [3.63, 3.8) is 0 Å². The van der Waals surface area contributed by atoms with E-state index >= 15 is 0 Å². The minimum Gasteiger partial charge on any atom is -0.497 e. The van der Waals surface area contributed by atoms with E-state index in [0.717, 1.165) is 14.6 Å². The molecule has 0 aliphatic rings. The molecule has 25 heavy (non-hydrogen) atoms. The Labute approximate surface area is 162 Å². The lowest BCUT2D eigenvalue weighted by atomic mass is 10.2. The molecule has 0 saturated carbocycles. The molecule has 0 radical (unpaired) electrons. The Kier molecular flexibility index (Phi) is 5.90. The fraction of sp³-hybridized carbons (Fsp3) is 0.167. The largest absolute Gasteiger partial charge is 0.497 e. The predicted octanol–water partition coefficient (Wildman–Crippen LogP) is 4.59. The zero-order valence-corrected chi connectivity index (χ0v) is 16.6. The summed E-state index contributed by atoms with van der Waals surface area (Å²) in [6, 6.07) is 12.9. The average molecular weight is 438 g/mol. The van der Waals surface area contributed by atoms with Crippen LogP contribution >= 0.6 is 38.6 Å². The fourth-order valence-electron chi connectivity index (χ4n) is 2.29. The van der Waals surface area contributed by atoms with E-state index in [-0.39, 0.29) is 5.91 Å². The summed E-state index contributed by atoms with van der Waals surface area (Å²) >= 11 is 6.41. The van der Waals surface area contributed by atoms with E-state index in [1.165, 1.54) is 22.7 Å². The standard InChI is InChI=1S/C18H16BrNO3S2/c1-23-11-4-6-14(19)13(9-11)18(22)20-10-12-5-7-16(25-12)17(21)15-3-2-8-24-15/h2-9,17,21H,10H2,1H3,(H,20,22)/t17-/m1/s1. The molecular formula is C18H16BrNO3S2. The molecule has 0 saturated heterocycles. The van der Waals surface area contributed by atoms with Gasteiger partial charge in [0.25, 0.3) is 5.91 Å². The monoisotopic (exact) mass is 437 g/mol. The second-order valence-electron chi connectivity index (χ2n) is 5.25. The molecule has 0 unspecified atom stereocenters. The van der Waals surface area contributed by atoms with Gasteiger partial charge in [0.15, 0.2) is 0 Å². The lowest BCUT2D eigenvalue weighted by molar-refractivity contribution is 0.0950. The molecule has 4 nitrogen and oxygen atoms in total. The summed E-state index contributed by atoms with van der Waals surface area (Å²) in [5.74, 6) is 0.449. The van der Waals surface area contributed by atoms with Crippen LogP contribution in [-0.4, -0.2) is 18.1 Å². The summed E-state index contributed by atoms with van der Waals surface area (Å²) in [5.41, 5.74) is 0.523. The molecule has 1 atom stereocenters. The van der Waals surface area contributed by atoms with Crippen LogP contribution in [0.5, 0.6) is 5.75 Å². The van der Waals surface area contributed by atoms with Crippen molar-refractivity contribution in [2.45, 2.75) is 12.6 Å². The van der Waals surface area contributed by atoms with Crippen molar-refractivity contribution < 1.29 is 14.6 Å². The van der Waals surface area contributed by atoms with E-state index < -0.39 is 6.10 Å². The van der Waals surface area contributed by atoms with Gasteiger partial charge in [0.05, 0.1) is 19.2 Å². The second kappa shape index (κ2) is 8.14. The molecule has 3 rings (SSSR count). The Morgan fingerprint density at radius 2 is 2.12 bits per heavy atom. The first-order valence-electron chi connectivity index (χ1n) is 7.50. The third-order valence-electron chi connectivity index (χ3n) is 3.61. The first-order chi connectivity index (χ1) is 12.1. The Morgan fingerprint density at radius 1 is 1.28 bits per heavy atom. The highest BCUT2D eigenvalue weighted by molar-refractivity contribution is 9.10. The van der Waals surface area contributed by atoms with Gasteiger partial charge in [-0.25, -0.2) is 0 Å².